The van der Waals surface area contributed by atoms with Crippen molar-refractivity contribution in [3.05, 3.63) is 10.6 Å². The van der Waals surface area contributed by atoms with Gasteiger partial charge < -0.3 is 10.0 Å². The Labute approximate surface area is 101 Å². The van der Waals surface area contributed by atoms with Gasteiger partial charge in [-0.3, -0.25) is 0 Å². The van der Waals surface area contributed by atoms with Crippen LogP contribution in [0.3, 0.4) is 0 Å². The van der Waals surface area contributed by atoms with Crippen LogP contribution in [0.25, 0.3) is 0 Å². The molecule has 0 saturated carbocycles. The molecular formula is C10H13F3N2OS. The SMILES string of the molecule is CN(CC(F)(F)F)c1nc2c(s1)C(O)CCC2. The van der Waals surface area contributed by atoms with Crippen LogP contribution in [0.15, 0.2) is 0 Å². The van der Waals surface area contributed by atoms with Crippen LogP contribution in [0.1, 0.15) is 29.5 Å². The highest BCUT2D eigenvalue weighted by Crippen LogP contribution is 2.37. The number of nitrogens with zero attached hydrogens (tertiary/aromatic N) is 2. The number of rotatable bonds is 2. The standard InChI is InChI=1S/C10H13F3N2OS/c1-15(5-10(11,12)13)9-14-6-3-2-4-7(16)8(6)17-9/h7,16H,2-5H2,1H3. The van der Waals surface area contributed by atoms with Gasteiger partial charge in [0.25, 0.3) is 0 Å². The molecule has 3 nitrogen and oxygen atoms in total. The van der Waals surface area contributed by atoms with Gasteiger partial charge >= 0.3 is 6.18 Å². The van der Waals surface area contributed by atoms with Crippen molar-refractivity contribution in [1.82, 2.24) is 4.98 Å². The van der Waals surface area contributed by atoms with Gasteiger partial charge in [-0.25, -0.2) is 4.98 Å². The number of halogens is 3. The molecule has 2 rings (SSSR count). The first-order valence-corrected chi connectivity index (χ1v) is 6.14. The summed E-state index contributed by atoms with van der Waals surface area (Å²) >= 11 is 1.16. The second-order valence-corrected chi connectivity index (χ2v) is 5.20. The number of aromatic nitrogens is 1. The van der Waals surface area contributed by atoms with Crippen LogP contribution in [0.4, 0.5) is 18.3 Å². The average Bonchev–Trinajstić information content (AvgIpc) is 2.60. The summed E-state index contributed by atoms with van der Waals surface area (Å²) in [5.74, 6) is 0. The molecule has 0 spiro atoms. The van der Waals surface area contributed by atoms with Gasteiger partial charge in [0.05, 0.1) is 16.7 Å². The lowest BCUT2D eigenvalue weighted by atomic mass is 10.0. The first kappa shape index (κ1) is 12.6. The number of anilines is 1. The van der Waals surface area contributed by atoms with Crippen LogP contribution in [0.2, 0.25) is 0 Å². The molecule has 17 heavy (non-hydrogen) atoms. The fraction of sp³-hybridized carbons (Fsp3) is 0.700. The molecule has 0 radical (unpaired) electrons. The number of hydrogen-bond acceptors (Lipinski definition) is 4. The first-order chi connectivity index (χ1) is 7.87. The highest BCUT2D eigenvalue weighted by Gasteiger charge is 2.31. The predicted molar refractivity (Wildman–Crippen MR) is 59.3 cm³/mol. The third-order valence-electron chi connectivity index (χ3n) is 2.65. The van der Waals surface area contributed by atoms with E-state index in [1.807, 2.05) is 0 Å². The average molecular weight is 266 g/mol. The fourth-order valence-electron chi connectivity index (χ4n) is 1.88. The van der Waals surface area contributed by atoms with E-state index in [2.05, 4.69) is 4.98 Å². The first-order valence-electron chi connectivity index (χ1n) is 5.32. The molecule has 0 aromatic carbocycles. The van der Waals surface area contributed by atoms with Gasteiger partial charge in [-0.2, -0.15) is 13.2 Å². The predicted octanol–water partition coefficient (Wildman–Crippen LogP) is 2.51. The van der Waals surface area contributed by atoms with E-state index in [1.165, 1.54) is 7.05 Å². The van der Waals surface area contributed by atoms with E-state index >= 15 is 0 Å². The Morgan fingerprint density at radius 2 is 2.24 bits per heavy atom. The Morgan fingerprint density at radius 3 is 2.82 bits per heavy atom. The quantitative estimate of drug-likeness (QED) is 0.893. The summed E-state index contributed by atoms with van der Waals surface area (Å²) in [7, 11) is 1.37. The van der Waals surface area contributed by atoms with E-state index in [4.69, 9.17) is 0 Å². The van der Waals surface area contributed by atoms with Crippen molar-refractivity contribution in [1.29, 1.82) is 0 Å². The maximum Gasteiger partial charge on any atom is 0.405 e. The van der Waals surface area contributed by atoms with Crippen molar-refractivity contribution < 1.29 is 18.3 Å². The van der Waals surface area contributed by atoms with E-state index in [0.29, 0.717) is 11.6 Å². The summed E-state index contributed by atoms with van der Waals surface area (Å²) in [4.78, 5) is 5.97. The monoisotopic (exact) mass is 266 g/mol. The summed E-state index contributed by atoms with van der Waals surface area (Å²) in [5, 5.41) is 10.0. The van der Waals surface area contributed by atoms with Crippen molar-refractivity contribution in [2.24, 2.45) is 0 Å². The van der Waals surface area contributed by atoms with Crippen LogP contribution in [0, 0.1) is 0 Å². The zero-order chi connectivity index (χ0) is 12.6. The summed E-state index contributed by atoms with van der Waals surface area (Å²) in [6.07, 6.45) is -2.57. The molecule has 7 heteroatoms. The molecule has 1 atom stereocenters. The molecule has 1 aliphatic rings. The summed E-state index contributed by atoms with van der Waals surface area (Å²) in [6.45, 7) is -1.02. The summed E-state index contributed by atoms with van der Waals surface area (Å²) in [5.41, 5.74) is 0.748. The minimum Gasteiger partial charge on any atom is -0.388 e. The number of aliphatic hydroxyl groups excluding tert-OH is 1. The molecular weight excluding hydrogens is 253 g/mol. The Morgan fingerprint density at radius 1 is 1.53 bits per heavy atom. The Bertz CT molecular complexity index is 405. The molecule has 1 aromatic heterocycles. The molecule has 1 N–H and O–H groups in total. The molecule has 1 aliphatic carbocycles. The second kappa shape index (κ2) is 4.45. The normalized spacial score (nSPS) is 20.2. The number of alkyl halides is 3. The van der Waals surface area contributed by atoms with Gasteiger partial charge in [-0.15, -0.1) is 0 Å². The number of fused-ring (bicyclic) bond motifs is 1. The molecule has 96 valence electrons. The van der Waals surface area contributed by atoms with E-state index in [1.54, 1.807) is 0 Å². The van der Waals surface area contributed by atoms with Gasteiger partial charge in [0, 0.05) is 7.05 Å². The lowest BCUT2D eigenvalue weighted by Gasteiger charge is -2.17. The lowest BCUT2D eigenvalue weighted by Crippen LogP contribution is -2.30. The van der Waals surface area contributed by atoms with Gasteiger partial charge in [0.15, 0.2) is 5.13 Å². The van der Waals surface area contributed by atoms with Crippen LogP contribution >= 0.6 is 11.3 Å². The topological polar surface area (TPSA) is 36.4 Å². The van der Waals surface area contributed by atoms with Crippen molar-refractivity contribution in [3.63, 3.8) is 0 Å². The van der Waals surface area contributed by atoms with Crippen molar-refractivity contribution in [2.75, 3.05) is 18.5 Å². The van der Waals surface area contributed by atoms with Gasteiger partial charge in [-0.05, 0) is 19.3 Å². The fourth-order valence-corrected chi connectivity index (χ4v) is 2.98. The van der Waals surface area contributed by atoms with Gasteiger partial charge in [0.1, 0.15) is 6.54 Å². The van der Waals surface area contributed by atoms with Crippen molar-refractivity contribution in [3.8, 4) is 0 Å². The molecule has 0 saturated heterocycles. The molecule has 0 amide bonds. The van der Waals surface area contributed by atoms with E-state index in [-0.39, 0.29) is 0 Å². The second-order valence-electron chi connectivity index (χ2n) is 4.19. The smallest absolute Gasteiger partial charge is 0.388 e. The molecule has 1 aromatic rings. The Kier molecular flexibility index (Phi) is 3.31. The van der Waals surface area contributed by atoms with Gasteiger partial charge in [0.2, 0.25) is 0 Å². The Balaban J connectivity index is 2.17. The van der Waals surface area contributed by atoms with Crippen LogP contribution in [-0.2, 0) is 6.42 Å². The number of aryl methyl sites for hydroxylation is 1. The largest absolute Gasteiger partial charge is 0.405 e. The number of thiazole rings is 1. The highest BCUT2D eigenvalue weighted by atomic mass is 32.1. The summed E-state index contributed by atoms with van der Waals surface area (Å²) in [6, 6.07) is 0. The molecule has 0 fully saturated rings. The summed E-state index contributed by atoms with van der Waals surface area (Å²) < 4.78 is 36.7. The van der Waals surface area contributed by atoms with Crippen molar-refractivity contribution in [2.45, 2.75) is 31.5 Å². The molecule has 0 aliphatic heterocycles. The number of aliphatic hydroxyl groups is 1. The van der Waals surface area contributed by atoms with E-state index in [9.17, 15) is 18.3 Å². The third-order valence-corrected chi connectivity index (χ3v) is 3.97. The maximum atomic E-state index is 12.2. The highest BCUT2D eigenvalue weighted by molar-refractivity contribution is 7.15. The minimum absolute atomic E-state index is 0.327. The lowest BCUT2D eigenvalue weighted by molar-refractivity contribution is -0.119. The zero-order valence-electron chi connectivity index (χ0n) is 9.29. The minimum atomic E-state index is -4.24. The Hall–Kier alpha value is -0.820. The third kappa shape index (κ3) is 2.90. The van der Waals surface area contributed by atoms with Crippen LogP contribution < -0.4 is 4.90 Å². The van der Waals surface area contributed by atoms with Gasteiger partial charge in [-0.1, -0.05) is 11.3 Å². The molecule has 0 bridgehead atoms. The molecule has 1 unspecified atom stereocenters. The van der Waals surface area contributed by atoms with Crippen LogP contribution in [0.5, 0.6) is 0 Å². The van der Waals surface area contributed by atoms with E-state index in [0.717, 1.165) is 39.6 Å². The molecule has 1 heterocycles. The maximum absolute atomic E-state index is 12.2. The van der Waals surface area contributed by atoms with Crippen molar-refractivity contribution >= 4 is 16.5 Å². The van der Waals surface area contributed by atoms with E-state index < -0.39 is 18.8 Å². The number of hydrogen-bond donors (Lipinski definition) is 1. The van der Waals surface area contributed by atoms with Crippen LogP contribution in [-0.4, -0.2) is 29.9 Å². The zero-order valence-corrected chi connectivity index (χ0v) is 10.1.